The number of amides is 1. The van der Waals surface area contributed by atoms with Gasteiger partial charge < -0.3 is 15.1 Å². The first-order valence-electron chi connectivity index (χ1n) is 6.21. The second-order valence-corrected chi connectivity index (χ2v) is 4.87. The molecule has 0 bridgehead atoms. The zero-order chi connectivity index (χ0) is 12.3. The van der Waals surface area contributed by atoms with Gasteiger partial charge in [-0.1, -0.05) is 6.92 Å². The topological polar surface area (TPSA) is 54.3 Å². The molecule has 1 aromatic heterocycles. The molecule has 94 valence electrons. The van der Waals surface area contributed by atoms with E-state index < -0.39 is 0 Å². The highest BCUT2D eigenvalue weighted by Gasteiger charge is 2.24. The Bertz CT molecular complexity index is 387. The number of piperidine rings is 1. The Labute approximate surface area is 102 Å². The van der Waals surface area contributed by atoms with E-state index in [9.17, 15) is 4.79 Å². The molecule has 0 radical (unpaired) electrons. The first kappa shape index (κ1) is 12.2. The average Bonchev–Trinajstić information content (AvgIpc) is 2.72. The summed E-state index contributed by atoms with van der Waals surface area (Å²) in [6.07, 6.45) is 2.07. The summed E-state index contributed by atoms with van der Waals surface area (Å²) in [6.45, 7) is 5.49. The normalized spacial score (nSPS) is 24.6. The molecule has 1 fully saturated rings. The number of carbonyl (C=O) groups is 1. The predicted molar refractivity (Wildman–Crippen MR) is 65.5 cm³/mol. The van der Waals surface area contributed by atoms with Crippen LogP contribution in [0.2, 0.25) is 0 Å². The maximum absolute atomic E-state index is 11.9. The van der Waals surface area contributed by atoms with E-state index in [4.69, 9.17) is 4.42 Å². The lowest BCUT2D eigenvalue weighted by Gasteiger charge is -2.27. The molecule has 1 aliphatic heterocycles. The maximum Gasteiger partial charge on any atom is 0.237 e. The largest absolute Gasteiger partial charge is 0.465 e. The SMILES string of the molecule is Cc1ccc(CNC(=O)C2CC(C)CCN2)o1. The van der Waals surface area contributed by atoms with Crippen molar-refractivity contribution in [2.24, 2.45) is 5.92 Å². The van der Waals surface area contributed by atoms with Gasteiger partial charge >= 0.3 is 0 Å². The molecule has 2 heterocycles. The van der Waals surface area contributed by atoms with E-state index in [-0.39, 0.29) is 11.9 Å². The van der Waals surface area contributed by atoms with Crippen LogP contribution in [0.3, 0.4) is 0 Å². The summed E-state index contributed by atoms with van der Waals surface area (Å²) in [6, 6.07) is 3.75. The molecule has 4 nitrogen and oxygen atoms in total. The molecule has 1 aliphatic rings. The smallest absolute Gasteiger partial charge is 0.237 e. The number of rotatable bonds is 3. The van der Waals surface area contributed by atoms with Crippen molar-refractivity contribution in [3.8, 4) is 0 Å². The molecule has 2 unspecified atom stereocenters. The van der Waals surface area contributed by atoms with Gasteiger partial charge in [0.1, 0.15) is 11.5 Å². The van der Waals surface area contributed by atoms with Crippen LogP contribution < -0.4 is 10.6 Å². The molecule has 17 heavy (non-hydrogen) atoms. The Kier molecular flexibility index (Phi) is 3.84. The lowest BCUT2D eigenvalue weighted by atomic mass is 9.94. The third-order valence-electron chi connectivity index (χ3n) is 3.22. The van der Waals surface area contributed by atoms with Crippen molar-refractivity contribution in [1.29, 1.82) is 0 Å². The molecule has 1 aromatic rings. The highest BCUT2D eigenvalue weighted by molar-refractivity contribution is 5.81. The number of nitrogens with one attached hydrogen (secondary N) is 2. The van der Waals surface area contributed by atoms with Crippen molar-refractivity contribution in [2.45, 2.75) is 39.3 Å². The Balaban J connectivity index is 1.80. The van der Waals surface area contributed by atoms with E-state index in [1.807, 2.05) is 19.1 Å². The second-order valence-electron chi connectivity index (χ2n) is 4.87. The van der Waals surface area contributed by atoms with E-state index >= 15 is 0 Å². The number of hydrogen-bond acceptors (Lipinski definition) is 3. The van der Waals surface area contributed by atoms with Crippen molar-refractivity contribution in [3.05, 3.63) is 23.7 Å². The van der Waals surface area contributed by atoms with Crippen molar-refractivity contribution in [1.82, 2.24) is 10.6 Å². The van der Waals surface area contributed by atoms with Gasteiger partial charge in [0.2, 0.25) is 5.91 Å². The number of carbonyl (C=O) groups excluding carboxylic acids is 1. The van der Waals surface area contributed by atoms with Crippen LogP contribution in [-0.4, -0.2) is 18.5 Å². The van der Waals surface area contributed by atoms with Crippen LogP contribution in [0, 0.1) is 12.8 Å². The second kappa shape index (κ2) is 5.36. The van der Waals surface area contributed by atoms with Crippen molar-refractivity contribution in [3.63, 3.8) is 0 Å². The van der Waals surface area contributed by atoms with Crippen LogP contribution in [0.1, 0.15) is 31.3 Å². The van der Waals surface area contributed by atoms with Crippen molar-refractivity contribution < 1.29 is 9.21 Å². The predicted octanol–water partition coefficient (Wildman–Crippen LogP) is 1.59. The Morgan fingerprint density at radius 1 is 1.59 bits per heavy atom. The third kappa shape index (κ3) is 3.33. The van der Waals surface area contributed by atoms with Crippen LogP contribution in [0.25, 0.3) is 0 Å². The van der Waals surface area contributed by atoms with Gasteiger partial charge in [0.25, 0.3) is 0 Å². The van der Waals surface area contributed by atoms with Gasteiger partial charge in [0.05, 0.1) is 12.6 Å². The van der Waals surface area contributed by atoms with Gasteiger partial charge in [-0.3, -0.25) is 4.79 Å². The summed E-state index contributed by atoms with van der Waals surface area (Å²) in [5, 5.41) is 6.16. The van der Waals surface area contributed by atoms with Crippen LogP contribution in [0.5, 0.6) is 0 Å². The van der Waals surface area contributed by atoms with Gasteiger partial charge in [-0.2, -0.15) is 0 Å². The van der Waals surface area contributed by atoms with Crippen LogP contribution in [0.15, 0.2) is 16.5 Å². The molecule has 0 spiro atoms. The molecular formula is C13H20N2O2. The number of hydrogen-bond donors (Lipinski definition) is 2. The van der Waals surface area contributed by atoms with E-state index in [1.54, 1.807) is 0 Å². The van der Waals surface area contributed by atoms with Crippen LogP contribution in [-0.2, 0) is 11.3 Å². The minimum atomic E-state index is -0.0465. The van der Waals surface area contributed by atoms with Gasteiger partial charge in [-0.25, -0.2) is 0 Å². The standard InChI is InChI=1S/C13H20N2O2/c1-9-5-6-14-12(7-9)13(16)15-8-11-4-3-10(2)17-11/h3-4,9,12,14H,5-8H2,1-2H3,(H,15,16). The van der Waals surface area contributed by atoms with E-state index in [0.717, 1.165) is 30.9 Å². The fourth-order valence-corrected chi connectivity index (χ4v) is 2.18. The third-order valence-corrected chi connectivity index (χ3v) is 3.22. The summed E-state index contributed by atoms with van der Waals surface area (Å²) >= 11 is 0. The summed E-state index contributed by atoms with van der Waals surface area (Å²) in [5.41, 5.74) is 0. The minimum absolute atomic E-state index is 0.0465. The molecule has 2 N–H and O–H groups in total. The molecule has 0 aliphatic carbocycles. The van der Waals surface area contributed by atoms with Gasteiger partial charge in [0, 0.05) is 0 Å². The molecule has 2 rings (SSSR count). The zero-order valence-electron chi connectivity index (χ0n) is 10.5. The fraction of sp³-hybridized carbons (Fsp3) is 0.615. The van der Waals surface area contributed by atoms with Crippen LogP contribution >= 0.6 is 0 Å². The van der Waals surface area contributed by atoms with Gasteiger partial charge in [-0.15, -0.1) is 0 Å². The lowest BCUT2D eigenvalue weighted by Crippen LogP contribution is -2.48. The molecule has 0 saturated carbocycles. The van der Waals surface area contributed by atoms with Gasteiger partial charge in [-0.05, 0) is 44.4 Å². The van der Waals surface area contributed by atoms with E-state index in [2.05, 4.69) is 17.6 Å². The summed E-state index contributed by atoms with van der Waals surface area (Å²) in [7, 11) is 0. The van der Waals surface area contributed by atoms with E-state index in [1.165, 1.54) is 0 Å². The van der Waals surface area contributed by atoms with E-state index in [0.29, 0.717) is 12.5 Å². The fourth-order valence-electron chi connectivity index (χ4n) is 2.18. The first-order valence-corrected chi connectivity index (χ1v) is 6.21. The Morgan fingerprint density at radius 3 is 3.06 bits per heavy atom. The lowest BCUT2D eigenvalue weighted by molar-refractivity contribution is -0.124. The van der Waals surface area contributed by atoms with Gasteiger partial charge in [0.15, 0.2) is 0 Å². The molecule has 1 amide bonds. The summed E-state index contributed by atoms with van der Waals surface area (Å²) < 4.78 is 5.41. The number of aryl methyl sites for hydroxylation is 1. The highest BCUT2D eigenvalue weighted by Crippen LogP contribution is 2.15. The Morgan fingerprint density at radius 2 is 2.41 bits per heavy atom. The molecule has 0 aromatic carbocycles. The summed E-state index contributed by atoms with van der Waals surface area (Å²) in [4.78, 5) is 11.9. The maximum atomic E-state index is 11.9. The molecular weight excluding hydrogens is 216 g/mol. The first-order chi connectivity index (χ1) is 8.15. The van der Waals surface area contributed by atoms with Crippen LogP contribution in [0.4, 0.5) is 0 Å². The molecule has 1 saturated heterocycles. The zero-order valence-corrected chi connectivity index (χ0v) is 10.5. The average molecular weight is 236 g/mol. The molecule has 4 heteroatoms. The van der Waals surface area contributed by atoms with Crippen molar-refractivity contribution in [2.75, 3.05) is 6.54 Å². The van der Waals surface area contributed by atoms with Crippen molar-refractivity contribution >= 4 is 5.91 Å². The minimum Gasteiger partial charge on any atom is -0.465 e. The number of furan rings is 1. The Hall–Kier alpha value is -1.29. The molecule has 2 atom stereocenters. The monoisotopic (exact) mass is 236 g/mol. The summed E-state index contributed by atoms with van der Waals surface area (Å²) in [5.74, 6) is 2.38. The highest BCUT2D eigenvalue weighted by atomic mass is 16.3. The quantitative estimate of drug-likeness (QED) is 0.838.